The van der Waals surface area contributed by atoms with E-state index >= 15 is 0 Å². The minimum Gasteiger partial charge on any atom is -0.465 e. The van der Waals surface area contributed by atoms with Crippen molar-refractivity contribution in [2.45, 2.75) is 11.8 Å². The van der Waals surface area contributed by atoms with Crippen molar-refractivity contribution in [3.05, 3.63) is 59.4 Å². The van der Waals surface area contributed by atoms with E-state index in [-0.39, 0.29) is 21.7 Å². The van der Waals surface area contributed by atoms with Crippen LogP contribution in [0, 0.1) is 12.7 Å². The Hall–Kier alpha value is -2.41. The van der Waals surface area contributed by atoms with E-state index in [4.69, 9.17) is 0 Å². The Bertz CT molecular complexity index is 818. The average molecular weight is 323 g/mol. The Morgan fingerprint density at radius 3 is 2.55 bits per heavy atom. The third kappa shape index (κ3) is 3.43. The second-order valence-electron chi connectivity index (χ2n) is 4.59. The number of carbonyl (C=O) groups is 1. The first-order valence-electron chi connectivity index (χ1n) is 6.31. The van der Waals surface area contributed by atoms with E-state index in [0.29, 0.717) is 0 Å². The van der Waals surface area contributed by atoms with Gasteiger partial charge in [-0.25, -0.2) is 17.6 Å². The van der Waals surface area contributed by atoms with Gasteiger partial charge < -0.3 is 4.74 Å². The number of benzene rings is 2. The maximum atomic E-state index is 13.2. The molecule has 0 aliphatic rings. The van der Waals surface area contributed by atoms with Crippen LogP contribution in [0.1, 0.15) is 15.9 Å². The first-order valence-corrected chi connectivity index (χ1v) is 7.79. The molecule has 7 heteroatoms. The maximum Gasteiger partial charge on any atom is 0.337 e. The van der Waals surface area contributed by atoms with Crippen LogP contribution in [-0.2, 0) is 14.8 Å². The quantitative estimate of drug-likeness (QED) is 0.878. The Labute approximate surface area is 127 Å². The van der Waals surface area contributed by atoms with Crippen LogP contribution in [0.3, 0.4) is 0 Å². The summed E-state index contributed by atoms with van der Waals surface area (Å²) in [6.07, 6.45) is 0. The van der Waals surface area contributed by atoms with E-state index in [1.165, 1.54) is 50.4 Å². The molecule has 0 aromatic heterocycles. The van der Waals surface area contributed by atoms with E-state index in [9.17, 15) is 17.6 Å². The van der Waals surface area contributed by atoms with Crippen LogP contribution in [0.25, 0.3) is 0 Å². The highest BCUT2D eigenvalue weighted by atomic mass is 32.2. The highest BCUT2D eigenvalue weighted by Crippen LogP contribution is 2.19. The third-order valence-corrected chi connectivity index (χ3v) is 4.35. The fourth-order valence-corrected chi connectivity index (χ4v) is 2.96. The zero-order valence-corrected chi connectivity index (χ0v) is 12.8. The smallest absolute Gasteiger partial charge is 0.337 e. The number of sulfonamides is 1. The van der Waals surface area contributed by atoms with E-state index < -0.39 is 21.8 Å². The van der Waals surface area contributed by atoms with Crippen molar-refractivity contribution in [3.63, 3.8) is 0 Å². The summed E-state index contributed by atoms with van der Waals surface area (Å²) in [5.41, 5.74) is 0.661. The molecule has 0 spiro atoms. The molecule has 0 amide bonds. The lowest BCUT2D eigenvalue weighted by Crippen LogP contribution is -2.14. The van der Waals surface area contributed by atoms with Crippen LogP contribution in [-0.4, -0.2) is 21.5 Å². The second-order valence-corrected chi connectivity index (χ2v) is 6.27. The van der Waals surface area contributed by atoms with Crippen LogP contribution >= 0.6 is 0 Å². The summed E-state index contributed by atoms with van der Waals surface area (Å²) in [5, 5.41) is 0. The molecule has 0 saturated carbocycles. The molecule has 0 unspecified atom stereocenters. The van der Waals surface area contributed by atoms with Gasteiger partial charge in [0, 0.05) is 5.69 Å². The zero-order chi connectivity index (χ0) is 16.3. The summed E-state index contributed by atoms with van der Waals surface area (Å²) >= 11 is 0. The number of anilines is 1. The third-order valence-electron chi connectivity index (χ3n) is 2.98. The molecular weight excluding hydrogens is 309 g/mol. The van der Waals surface area contributed by atoms with Crippen LogP contribution in [0.15, 0.2) is 47.4 Å². The van der Waals surface area contributed by atoms with Gasteiger partial charge in [0.2, 0.25) is 0 Å². The second kappa shape index (κ2) is 6.15. The molecule has 0 radical (unpaired) electrons. The minimum atomic E-state index is -3.87. The first-order chi connectivity index (χ1) is 10.3. The number of esters is 1. The van der Waals surface area contributed by atoms with Gasteiger partial charge >= 0.3 is 5.97 Å². The Balaban J connectivity index is 2.32. The van der Waals surface area contributed by atoms with Crippen molar-refractivity contribution >= 4 is 21.7 Å². The van der Waals surface area contributed by atoms with Gasteiger partial charge in [-0.2, -0.15) is 0 Å². The Morgan fingerprint density at radius 1 is 1.18 bits per heavy atom. The molecule has 5 nitrogen and oxygen atoms in total. The minimum absolute atomic E-state index is 0.0603. The number of ether oxygens (including phenoxy) is 1. The number of hydrogen-bond donors (Lipinski definition) is 1. The fraction of sp³-hybridized carbons (Fsp3) is 0.133. The van der Waals surface area contributed by atoms with Crippen molar-refractivity contribution in [2.24, 2.45) is 0 Å². The summed E-state index contributed by atoms with van der Waals surface area (Å²) in [6.45, 7) is 1.48. The first kappa shape index (κ1) is 16.0. The predicted octanol–water partition coefficient (Wildman–Crippen LogP) is 2.72. The molecule has 0 heterocycles. The summed E-state index contributed by atoms with van der Waals surface area (Å²) in [5.74, 6) is -1.05. The fourth-order valence-electron chi connectivity index (χ4n) is 1.83. The van der Waals surface area contributed by atoms with E-state index in [0.717, 1.165) is 6.07 Å². The predicted molar refractivity (Wildman–Crippen MR) is 79.7 cm³/mol. The van der Waals surface area contributed by atoms with Crippen LogP contribution < -0.4 is 4.72 Å². The summed E-state index contributed by atoms with van der Waals surface area (Å²) in [4.78, 5) is 11.4. The number of methoxy groups -OCH3 is 1. The molecule has 0 atom stereocenters. The zero-order valence-electron chi connectivity index (χ0n) is 12.0. The highest BCUT2D eigenvalue weighted by Gasteiger charge is 2.16. The Morgan fingerprint density at radius 2 is 1.91 bits per heavy atom. The Kier molecular flexibility index (Phi) is 4.46. The summed E-state index contributed by atoms with van der Waals surface area (Å²) in [6, 6.07) is 9.40. The number of aryl methyl sites for hydroxylation is 1. The van der Waals surface area contributed by atoms with Crippen LogP contribution in [0.4, 0.5) is 10.1 Å². The number of rotatable bonds is 4. The topological polar surface area (TPSA) is 72.5 Å². The highest BCUT2D eigenvalue weighted by molar-refractivity contribution is 7.92. The lowest BCUT2D eigenvalue weighted by Gasteiger charge is -2.10. The lowest BCUT2D eigenvalue weighted by molar-refractivity contribution is 0.0601. The van der Waals surface area contributed by atoms with Crippen LogP contribution in [0.5, 0.6) is 0 Å². The molecule has 2 aromatic rings. The summed E-state index contributed by atoms with van der Waals surface area (Å²) in [7, 11) is -2.63. The molecule has 22 heavy (non-hydrogen) atoms. The monoisotopic (exact) mass is 323 g/mol. The standard InChI is InChI=1S/C15H14FNO4S/c1-10-8-13(6-7-14(10)16)22(19,20)17-12-5-3-4-11(9-12)15(18)21-2/h3-9,17H,1-2H3. The largest absolute Gasteiger partial charge is 0.465 e. The number of halogens is 1. The molecule has 0 fully saturated rings. The molecule has 1 N–H and O–H groups in total. The van der Waals surface area contributed by atoms with Gasteiger partial charge in [-0.1, -0.05) is 6.07 Å². The van der Waals surface area contributed by atoms with Crippen molar-refractivity contribution in [1.82, 2.24) is 0 Å². The van der Waals surface area contributed by atoms with E-state index in [1.54, 1.807) is 0 Å². The lowest BCUT2D eigenvalue weighted by atomic mass is 10.2. The molecule has 116 valence electrons. The van der Waals surface area contributed by atoms with E-state index in [1.807, 2.05) is 0 Å². The molecule has 0 bridgehead atoms. The van der Waals surface area contributed by atoms with Crippen molar-refractivity contribution in [2.75, 3.05) is 11.8 Å². The molecule has 0 aliphatic heterocycles. The van der Waals surface area contributed by atoms with Crippen LogP contribution in [0.2, 0.25) is 0 Å². The van der Waals surface area contributed by atoms with E-state index in [2.05, 4.69) is 9.46 Å². The van der Waals surface area contributed by atoms with Gasteiger partial charge in [0.05, 0.1) is 17.6 Å². The van der Waals surface area contributed by atoms with Crippen molar-refractivity contribution < 1.29 is 22.3 Å². The number of nitrogens with one attached hydrogen (secondary N) is 1. The molecule has 2 aromatic carbocycles. The van der Waals surface area contributed by atoms with Crippen molar-refractivity contribution in [1.29, 1.82) is 0 Å². The SMILES string of the molecule is COC(=O)c1cccc(NS(=O)(=O)c2ccc(F)c(C)c2)c1. The summed E-state index contributed by atoms with van der Waals surface area (Å²) < 4.78 is 44.7. The van der Waals surface area contributed by atoms with Gasteiger partial charge in [-0.15, -0.1) is 0 Å². The molecule has 0 saturated heterocycles. The normalized spacial score (nSPS) is 11.0. The van der Waals surface area contributed by atoms with Gasteiger partial charge in [-0.3, -0.25) is 4.72 Å². The van der Waals surface area contributed by atoms with Gasteiger partial charge in [0.25, 0.3) is 10.0 Å². The van der Waals surface area contributed by atoms with Crippen molar-refractivity contribution in [3.8, 4) is 0 Å². The molecular formula is C15H14FNO4S. The molecule has 2 rings (SSSR count). The van der Waals surface area contributed by atoms with Gasteiger partial charge in [0.15, 0.2) is 0 Å². The molecule has 0 aliphatic carbocycles. The van der Waals surface area contributed by atoms with Gasteiger partial charge in [0.1, 0.15) is 5.82 Å². The van der Waals surface area contributed by atoms with Gasteiger partial charge in [-0.05, 0) is 48.9 Å². The average Bonchev–Trinajstić information content (AvgIpc) is 2.49. The maximum absolute atomic E-state index is 13.2. The number of hydrogen-bond acceptors (Lipinski definition) is 4. The number of carbonyl (C=O) groups excluding carboxylic acids is 1.